The Morgan fingerprint density at radius 2 is 1.80 bits per heavy atom. The highest BCUT2D eigenvalue weighted by Crippen LogP contribution is 2.23. The average molecular weight is 336 g/mol. The second-order valence-corrected chi connectivity index (χ2v) is 6.75. The highest BCUT2D eigenvalue weighted by molar-refractivity contribution is 5.31. The largest absolute Gasteiger partial charge is 0.330 e. The van der Waals surface area contributed by atoms with Gasteiger partial charge in [0.2, 0.25) is 0 Å². The molecule has 4 nitrogen and oxygen atoms in total. The van der Waals surface area contributed by atoms with Gasteiger partial charge in [-0.05, 0) is 32.3 Å². The molecule has 1 aromatic carbocycles. The molecule has 0 radical (unpaired) electrons. The predicted octanol–water partition coefficient (Wildman–Crippen LogP) is 4.42. The maximum Gasteiger partial charge on any atom is 0.113 e. The predicted molar refractivity (Wildman–Crippen MR) is 102 cm³/mol. The van der Waals surface area contributed by atoms with Crippen LogP contribution < -0.4 is 0 Å². The molecule has 0 unspecified atom stereocenters. The van der Waals surface area contributed by atoms with Gasteiger partial charge >= 0.3 is 0 Å². The van der Waals surface area contributed by atoms with E-state index in [2.05, 4.69) is 78.5 Å². The number of aromatic nitrogens is 4. The number of hydrogen-bond acceptors (Lipinski definition) is 2. The first-order valence-electron chi connectivity index (χ1n) is 9.27. The normalized spacial score (nSPS) is 11.4. The molecule has 0 saturated heterocycles. The van der Waals surface area contributed by atoms with Gasteiger partial charge < -0.3 is 4.57 Å². The van der Waals surface area contributed by atoms with Crippen LogP contribution >= 0.6 is 0 Å². The van der Waals surface area contributed by atoms with Gasteiger partial charge in [-0.15, -0.1) is 0 Å². The topological polar surface area (TPSA) is 35.6 Å². The van der Waals surface area contributed by atoms with Crippen LogP contribution in [0.25, 0.3) is 0 Å². The van der Waals surface area contributed by atoms with Crippen molar-refractivity contribution in [3.8, 4) is 0 Å². The molecule has 0 aliphatic carbocycles. The standard InChI is InChI=1S/C21H28N4/c1-5-19-18(20(6-2)25(23-19)16(3)4)14-21-22-12-13-24(21)15-17-10-8-7-9-11-17/h7-13,16H,5-6,14-15H2,1-4H3. The van der Waals surface area contributed by atoms with Crippen molar-refractivity contribution in [1.29, 1.82) is 0 Å². The zero-order valence-electron chi connectivity index (χ0n) is 15.7. The quantitative estimate of drug-likeness (QED) is 0.640. The minimum absolute atomic E-state index is 0.387. The average Bonchev–Trinajstić information content (AvgIpc) is 3.20. The third kappa shape index (κ3) is 3.68. The van der Waals surface area contributed by atoms with Crippen LogP contribution in [0, 0.1) is 0 Å². The molecular weight excluding hydrogens is 308 g/mol. The van der Waals surface area contributed by atoms with E-state index in [9.17, 15) is 0 Å². The van der Waals surface area contributed by atoms with Gasteiger partial charge in [0, 0.05) is 42.7 Å². The van der Waals surface area contributed by atoms with Crippen LogP contribution in [-0.4, -0.2) is 19.3 Å². The first-order chi connectivity index (χ1) is 12.1. The van der Waals surface area contributed by atoms with Crippen LogP contribution in [-0.2, 0) is 25.8 Å². The molecule has 3 aromatic rings. The van der Waals surface area contributed by atoms with Crippen LogP contribution in [0.5, 0.6) is 0 Å². The lowest BCUT2D eigenvalue weighted by Gasteiger charge is -2.12. The summed E-state index contributed by atoms with van der Waals surface area (Å²) in [5.74, 6) is 1.11. The maximum atomic E-state index is 4.87. The van der Waals surface area contributed by atoms with Gasteiger partial charge in [-0.25, -0.2) is 4.98 Å². The summed E-state index contributed by atoms with van der Waals surface area (Å²) >= 11 is 0. The molecule has 2 heterocycles. The maximum absolute atomic E-state index is 4.87. The van der Waals surface area contributed by atoms with Crippen molar-refractivity contribution in [2.24, 2.45) is 0 Å². The molecule has 4 heteroatoms. The number of aryl methyl sites for hydroxylation is 1. The summed E-state index contributed by atoms with van der Waals surface area (Å²) in [5.41, 5.74) is 5.21. The summed E-state index contributed by atoms with van der Waals surface area (Å²) < 4.78 is 4.44. The van der Waals surface area contributed by atoms with E-state index in [1.807, 2.05) is 6.20 Å². The molecule has 0 N–H and O–H groups in total. The van der Waals surface area contributed by atoms with E-state index in [-0.39, 0.29) is 0 Å². The Kier molecular flexibility index (Phi) is 5.37. The Bertz CT molecular complexity index is 812. The lowest BCUT2D eigenvalue weighted by atomic mass is 10.0. The van der Waals surface area contributed by atoms with Crippen molar-refractivity contribution in [2.75, 3.05) is 0 Å². The first-order valence-corrected chi connectivity index (χ1v) is 9.27. The highest BCUT2D eigenvalue weighted by atomic mass is 15.3. The minimum Gasteiger partial charge on any atom is -0.330 e. The smallest absolute Gasteiger partial charge is 0.113 e. The van der Waals surface area contributed by atoms with E-state index < -0.39 is 0 Å². The third-order valence-corrected chi connectivity index (χ3v) is 4.69. The Morgan fingerprint density at radius 1 is 1.04 bits per heavy atom. The lowest BCUT2D eigenvalue weighted by molar-refractivity contribution is 0.506. The third-order valence-electron chi connectivity index (χ3n) is 4.69. The molecular formula is C21H28N4. The molecule has 0 aliphatic heterocycles. The van der Waals surface area contributed by atoms with Crippen molar-refractivity contribution < 1.29 is 0 Å². The zero-order valence-corrected chi connectivity index (χ0v) is 15.7. The molecule has 0 atom stereocenters. The van der Waals surface area contributed by atoms with Crippen molar-refractivity contribution in [1.82, 2.24) is 19.3 Å². The van der Waals surface area contributed by atoms with E-state index in [4.69, 9.17) is 5.10 Å². The van der Waals surface area contributed by atoms with Gasteiger partial charge in [-0.1, -0.05) is 44.2 Å². The van der Waals surface area contributed by atoms with Gasteiger partial charge in [-0.3, -0.25) is 4.68 Å². The molecule has 0 spiro atoms. The van der Waals surface area contributed by atoms with E-state index in [1.54, 1.807) is 0 Å². The molecule has 0 saturated carbocycles. The Balaban J connectivity index is 1.92. The summed E-state index contributed by atoms with van der Waals surface area (Å²) in [7, 11) is 0. The fourth-order valence-corrected chi connectivity index (χ4v) is 3.44. The molecule has 132 valence electrons. The van der Waals surface area contributed by atoms with Gasteiger partial charge in [0.25, 0.3) is 0 Å². The Labute approximate surface area is 150 Å². The van der Waals surface area contributed by atoms with Crippen LogP contribution in [0.1, 0.15) is 62.1 Å². The van der Waals surface area contributed by atoms with Crippen LogP contribution in [0.4, 0.5) is 0 Å². The summed E-state index contributed by atoms with van der Waals surface area (Å²) in [6.07, 6.45) is 6.79. The molecule has 3 rings (SSSR count). The van der Waals surface area contributed by atoms with E-state index in [0.717, 1.165) is 31.6 Å². The summed E-state index contributed by atoms with van der Waals surface area (Å²) in [6.45, 7) is 9.66. The molecule has 2 aromatic heterocycles. The zero-order chi connectivity index (χ0) is 17.8. The number of benzene rings is 1. The van der Waals surface area contributed by atoms with E-state index in [0.29, 0.717) is 6.04 Å². The fraction of sp³-hybridized carbons (Fsp3) is 0.429. The van der Waals surface area contributed by atoms with Crippen LogP contribution in [0.15, 0.2) is 42.7 Å². The first kappa shape index (κ1) is 17.5. The van der Waals surface area contributed by atoms with Crippen LogP contribution in [0.3, 0.4) is 0 Å². The molecule has 0 bridgehead atoms. The SMILES string of the molecule is CCc1nn(C(C)C)c(CC)c1Cc1nccn1Cc1ccccc1. The van der Waals surface area contributed by atoms with Gasteiger partial charge in [0.15, 0.2) is 0 Å². The molecule has 0 fully saturated rings. The van der Waals surface area contributed by atoms with Crippen molar-refractivity contribution >= 4 is 0 Å². The molecule has 25 heavy (non-hydrogen) atoms. The van der Waals surface area contributed by atoms with E-state index >= 15 is 0 Å². The second kappa shape index (κ2) is 7.68. The van der Waals surface area contributed by atoms with Crippen molar-refractivity contribution in [3.63, 3.8) is 0 Å². The number of hydrogen-bond donors (Lipinski definition) is 0. The summed E-state index contributed by atoms with van der Waals surface area (Å²) in [6, 6.07) is 10.9. The van der Waals surface area contributed by atoms with Gasteiger partial charge in [0.05, 0.1) is 5.69 Å². The second-order valence-electron chi connectivity index (χ2n) is 6.75. The van der Waals surface area contributed by atoms with Crippen molar-refractivity contribution in [2.45, 2.75) is 59.5 Å². The Hall–Kier alpha value is -2.36. The van der Waals surface area contributed by atoms with Crippen LogP contribution in [0.2, 0.25) is 0 Å². The number of nitrogens with zero attached hydrogens (tertiary/aromatic N) is 4. The number of rotatable bonds is 7. The fourth-order valence-electron chi connectivity index (χ4n) is 3.44. The van der Waals surface area contributed by atoms with Gasteiger partial charge in [-0.2, -0.15) is 5.10 Å². The van der Waals surface area contributed by atoms with Gasteiger partial charge in [0.1, 0.15) is 5.82 Å². The summed E-state index contributed by atoms with van der Waals surface area (Å²) in [4.78, 5) is 4.64. The number of imidazole rings is 1. The molecule has 0 amide bonds. The Morgan fingerprint density at radius 3 is 2.44 bits per heavy atom. The van der Waals surface area contributed by atoms with Crippen molar-refractivity contribution in [3.05, 3.63) is 71.1 Å². The molecule has 0 aliphatic rings. The minimum atomic E-state index is 0.387. The van der Waals surface area contributed by atoms with E-state index in [1.165, 1.54) is 22.5 Å². The summed E-state index contributed by atoms with van der Waals surface area (Å²) in [5, 5.41) is 4.87. The highest BCUT2D eigenvalue weighted by Gasteiger charge is 2.19. The lowest BCUT2D eigenvalue weighted by Crippen LogP contribution is -2.09. The monoisotopic (exact) mass is 336 g/mol.